The molecule has 1 fully saturated rings. The summed E-state index contributed by atoms with van der Waals surface area (Å²) in [5.41, 5.74) is 1.10. The van der Waals surface area contributed by atoms with E-state index in [-0.39, 0.29) is 6.61 Å². The molecule has 0 aromatic carbocycles. The molecule has 16 heavy (non-hydrogen) atoms. The molecule has 2 unspecified atom stereocenters. The van der Waals surface area contributed by atoms with Crippen molar-refractivity contribution in [1.82, 2.24) is 9.88 Å². The number of aryl methyl sites for hydroxylation is 1. The first-order valence-corrected chi connectivity index (χ1v) is 6.84. The molecule has 1 aliphatic heterocycles. The van der Waals surface area contributed by atoms with E-state index >= 15 is 0 Å². The van der Waals surface area contributed by atoms with Gasteiger partial charge in [0, 0.05) is 17.1 Å². The highest BCUT2D eigenvalue weighted by atomic mass is 32.1. The Labute approximate surface area is 101 Å². The van der Waals surface area contributed by atoms with Crippen molar-refractivity contribution in [2.75, 3.05) is 13.2 Å². The lowest BCUT2D eigenvalue weighted by atomic mass is 9.91. The van der Waals surface area contributed by atoms with Crippen molar-refractivity contribution >= 4 is 11.3 Å². The van der Waals surface area contributed by atoms with E-state index in [1.807, 2.05) is 6.92 Å². The molecule has 0 spiro atoms. The predicted molar refractivity (Wildman–Crippen MR) is 66.5 cm³/mol. The van der Waals surface area contributed by atoms with Gasteiger partial charge in [-0.05, 0) is 32.2 Å². The van der Waals surface area contributed by atoms with Crippen molar-refractivity contribution in [3.8, 4) is 0 Å². The molecule has 4 heteroatoms. The van der Waals surface area contributed by atoms with E-state index in [2.05, 4.69) is 22.2 Å². The number of aromatic nitrogens is 1. The lowest BCUT2D eigenvalue weighted by Crippen LogP contribution is -2.45. The third kappa shape index (κ3) is 2.62. The van der Waals surface area contributed by atoms with Gasteiger partial charge in [0.15, 0.2) is 0 Å². The number of hydrogen-bond donors (Lipinski definition) is 1. The Hall–Kier alpha value is -0.450. The van der Waals surface area contributed by atoms with Crippen molar-refractivity contribution in [2.24, 2.45) is 5.92 Å². The van der Waals surface area contributed by atoms with Crippen LogP contribution in [0.3, 0.4) is 0 Å². The molecule has 2 heterocycles. The van der Waals surface area contributed by atoms with Crippen molar-refractivity contribution in [3.05, 3.63) is 16.1 Å². The second-order valence-electron chi connectivity index (χ2n) is 4.72. The second kappa shape index (κ2) is 5.25. The maximum Gasteiger partial charge on any atom is 0.107 e. The Morgan fingerprint density at radius 1 is 1.62 bits per heavy atom. The van der Waals surface area contributed by atoms with Gasteiger partial charge in [-0.25, -0.2) is 4.98 Å². The first kappa shape index (κ1) is 12.0. The molecule has 3 nitrogen and oxygen atoms in total. The molecule has 2 atom stereocenters. The molecule has 1 saturated heterocycles. The van der Waals surface area contributed by atoms with Crippen LogP contribution in [0.4, 0.5) is 0 Å². The molecule has 90 valence electrons. The molecule has 0 aliphatic carbocycles. The Kier molecular flexibility index (Phi) is 3.95. The van der Waals surface area contributed by atoms with Gasteiger partial charge >= 0.3 is 0 Å². The van der Waals surface area contributed by atoms with E-state index < -0.39 is 0 Å². The van der Waals surface area contributed by atoms with E-state index in [4.69, 9.17) is 0 Å². The van der Waals surface area contributed by atoms with Crippen LogP contribution in [-0.2, 0) is 6.54 Å². The van der Waals surface area contributed by atoms with Crippen LogP contribution in [0.1, 0.15) is 30.5 Å². The van der Waals surface area contributed by atoms with Crippen LogP contribution in [0, 0.1) is 12.8 Å². The third-order valence-corrected chi connectivity index (χ3v) is 4.37. The Morgan fingerprint density at radius 3 is 3.06 bits per heavy atom. The van der Waals surface area contributed by atoms with Crippen molar-refractivity contribution in [2.45, 2.75) is 39.3 Å². The van der Waals surface area contributed by atoms with Crippen LogP contribution >= 0.6 is 11.3 Å². The molecule has 1 aromatic rings. The molecule has 0 amide bonds. The number of rotatable bonds is 3. The van der Waals surface area contributed by atoms with Crippen molar-refractivity contribution in [3.63, 3.8) is 0 Å². The van der Waals surface area contributed by atoms with Crippen molar-refractivity contribution in [1.29, 1.82) is 0 Å². The lowest BCUT2D eigenvalue weighted by Gasteiger charge is -2.38. The minimum Gasteiger partial charge on any atom is -0.395 e. The summed E-state index contributed by atoms with van der Waals surface area (Å²) in [6.07, 6.45) is 2.47. The first-order chi connectivity index (χ1) is 7.70. The van der Waals surface area contributed by atoms with Gasteiger partial charge in [-0.1, -0.05) is 6.92 Å². The second-order valence-corrected chi connectivity index (χ2v) is 5.67. The maximum absolute atomic E-state index is 9.46. The SMILES string of the molecule is Cc1csc(CN2CCCC(C)C2CO)n1. The van der Waals surface area contributed by atoms with Crippen LogP contribution in [0.15, 0.2) is 5.38 Å². The van der Waals surface area contributed by atoms with Crippen LogP contribution in [-0.4, -0.2) is 34.2 Å². The summed E-state index contributed by atoms with van der Waals surface area (Å²) in [6.45, 7) is 6.52. The number of aliphatic hydroxyl groups is 1. The zero-order valence-corrected chi connectivity index (χ0v) is 10.8. The van der Waals surface area contributed by atoms with Gasteiger partial charge in [0.25, 0.3) is 0 Å². The molecule has 0 bridgehead atoms. The van der Waals surface area contributed by atoms with Crippen LogP contribution in [0.2, 0.25) is 0 Å². The molecule has 0 saturated carbocycles. The molecule has 0 radical (unpaired) electrons. The number of aliphatic hydroxyl groups excluding tert-OH is 1. The number of piperidine rings is 1. The van der Waals surface area contributed by atoms with E-state index in [9.17, 15) is 5.11 Å². The minimum absolute atomic E-state index is 0.269. The average Bonchev–Trinajstić information content (AvgIpc) is 2.64. The zero-order chi connectivity index (χ0) is 11.5. The molecular formula is C12H20N2OS. The molecule has 2 rings (SSSR count). The van der Waals surface area contributed by atoms with Gasteiger partial charge in [-0.15, -0.1) is 11.3 Å². The number of likely N-dealkylation sites (tertiary alicyclic amines) is 1. The summed E-state index contributed by atoms with van der Waals surface area (Å²) in [5, 5.41) is 12.7. The number of nitrogens with zero attached hydrogens (tertiary/aromatic N) is 2. The van der Waals surface area contributed by atoms with E-state index in [0.29, 0.717) is 12.0 Å². The Morgan fingerprint density at radius 2 is 2.44 bits per heavy atom. The quantitative estimate of drug-likeness (QED) is 0.878. The van der Waals surface area contributed by atoms with Gasteiger partial charge in [0.2, 0.25) is 0 Å². The lowest BCUT2D eigenvalue weighted by molar-refractivity contribution is 0.0472. The highest BCUT2D eigenvalue weighted by Crippen LogP contribution is 2.25. The minimum atomic E-state index is 0.269. The van der Waals surface area contributed by atoms with Gasteiger partial charge in [0.1, 0.15) is 5.01 Å². The summed E-state index contributed by atoms with van der Waals surface area (Å²) in [4.78, 5) is 6.88. The zero-order valence-electron chi connectivity index (χ0n) is 10.0. The Balaban J connectivity index is 2.02. The van der Waals surface area contributed by atoms with Gasteiger partial charge < -0.3 is 5.11 Å². The maximum atomic E-state index is 9.46. The topological polar surface area (TPSA) is 36.4 Å². The smallest absolute Gasteiger partial charge is 0.107 e. The normalized spacial score (nSPS) is 27.2. The highest BCUT2D eigenvalue weighted by molar-refractivity contribution is 7.09. The third-order valence-electron chi connectivity index (χ3n) is 3.42. The van der Waals surface area contributed by atoms with Gasteiger partial charge in [-0.2, -0.15) is 0 Å². The fraction of sp³-hybridized carbons (Fsp3) is 0.750. The standard InChI is InChI=1S/C12H20N2OS/c1-9-4-3-5-14(11(9)7-15)6-12-13-10(2)8-16-12/h8-9,11,15H,3-7H2,1-2H3. The molecule has 1 N–H and O–H groups in total. The summed E-state index contributed by atoms with van der Waals surface area (Å²) in [7, 11) is 0. The van der Waals surface area contributed by atoms with Crippen LogP contribution in [0.5, 0.6) is 0 Å². The highest BCUT2D eigenvalue weighted by Gasteiger charge is 2.28. The predicted octanol–water partition coefficient (Wildman–Crippen LogP) is 2.04. The summed E-state index contributed by atoms with van der Waals surface area (Å²) < 4.78 is 0. The van der Waals surface area contributed by atoms with Crippen LogP contribution in [0.25, 0.3) is 0 Å². The molecular weight excluding hydrogens is 220 g/mol. The summed E-state index contributed by atoms with van der Waals surface area (Å²) in [6, 6.07) is 0.318. The fourth-order valence-corrected chi connectivity index (χ4v) is 3.27. The van der Waals surface area contributed by atoms with E-state index in [1.165, 1.54) is 17.8 Å². The number of thiazole rings is 1. The monoisotopic (exact) mass is 240 g/mol. The van der Waals surface area contributed by atoms with Gasteiger partial charge in [-0.3, -0.25) is 4.90 Å². The summed E-state index contributed by atoms with van der Waals surface area (Å²) >= 11 is 1.72. The van der Waals surface area contributed by atoms with E-state index in [1.54, 1.807) is 11.3 Å². The average molecular weight is 240 g/mol. The van der Waals surface area contributed by atoms with E-state index in [0.717, 1.165) is 18.8 Å². The van der Waals surface area contributed by atoms with Gasteiger partial charge in [0.05, 0.1) is 13.2 Å². The molecule has 1 aromatic heterocycles. The largest absolute Gasteiger partial charge is 0.395 e. The molecule has 1 aliphatic rings. The Bertz CT molecular complexity index is 340. The fourth-order valence-electron chi connectivity index (χ4n) is 2.48. The van der Waals surface area contributed by atoms with Crippen LogP contribution < -0.4 is 0 Å². The first-order valence-electron chi connectivity index (χ1n) is 5.96. The summed E-state index contributed by atoms with van der Waals surface area (Å²) in [5.74, 6) is 0.597. The number of hydrogen-bond acceptors (Lipinski definition) is 4. The van der Waals surface area contributed by atoms with Crippen molar-refractivity contribution < 1.29 is 5.11 Å².